The molecule has 0 aliphatic rings. The van der Waals surface area contributed by atoms with Gasteiger partial charge in [-0.15, -0.1) is 0 Å². The second-order valence-corrected chi connectivity index (χ2v) is 19.7. The molecule has 0 radical (unpaired) electrons. The standard InChI is InChI=1S/C54H104O6/c1-7-50(6)42-36-30-24-18-13-15-20-26-32-38-44-53(56)59-47-51(46-58-52(55)43-37-31-25-19-14-12-17-23-29-35-41-49(4)5)60-54(57)45-39-33-27-21-11-9-8-10-16-22-28-34-40-48(2)3/h48-51H,7-47H2,1-6H3/t50?,51-/m1/s1. The van der Waals surface area contributed by atoms with Crippen molar-refractivity contribution in [2.24, 2.45) is 17.8 Å². The molecule has 6 heteroatoms. The van der Waals surface area contributed by atoms with Crippen molar-refractivity contribution in [3.05, 3.63) is 0 Å². The molecule has 0 aromatic heterocycles. The van der Waals surface area contributed by atoms with E-state index in [-0.39, 0.29) is 31.1 Å². The zero-order valence-electron chi connectivity index (χ0n) is 41.3. The van der Waals surface area contributed by atoms with Gasteiger partial charge in [-0.25, -0.2) is 0 Å². The van der Waals surface area contributed by atoms with Crippen molar-refractivity contribution in [1.82, 2.24) is 0 Å². The Labute approximate surface area is 374 Å². The summed E-state index contributed by atoms with van der Waals surface area (Å²) in [7, 11) is 0. The number of esters is 3. The Bertz CT molecular complexity index is 931. The molecule has 2 atom stereocenters. The number of hydrogen-bond acceptors (Lipinski definition) is 6. The summed E-state index contributed by atoms with van der Waals surface area (Å²) in [6.45, 7) is 13.7. The lowest BCUT2D eigenvalue weighted by molar-refractivity contribution is -0.167. The molecule has 0 saturated heterocycles. The smallest absolute Gasteiger partial charge is 0.306 e. The Morgan fingerprint density at radius 1 is 0.333 bits per heavy atom. The maximum absolute atomic E-state index is 12.8. The molecule has 0 amide bonds. The minimum atomic E-state index is -0.763. The molecule has 0 bridgehead atoms. The molecule has 356 valence electrons. The van der Waals surface area contributed by atoms with E-state index in [0.717, 1.165) is 75.5 Å². The molecule has 0 fully saturated rings. The topological polar surface area (TPSA) is 78.9 Å². The van der Waals surface area contributed by atoms with E-state index in [0.29, 0.717) is 19.3 Å². The van der Waals surface area contributed by atoms with Crippen LogP contribution in [-0.2, 0) is 28.6 Å². The monoisotopic (exact) mass is 849 g/mol. The summed E-state index contributed by atoms with van der Waals surface area (Å²) in [6.07, 6.45) is 45.1. The summed E-state index contributed by atoms with van der Waals surface area (Å²) in [5, 5.41) is 0. The van der Waals surface area contributed by atoms with E-state index in [4.69, 9.17) is 14.2 Å². The van der Waals surface area contributed by atoms with E-state index in [1.54, 1.807) is 0 Å². The summed E-state index contributed by atoms with van der Waals surface area (Å²) in [6, 6.07) is 0. The number of unbranched alkanes of at least 4 members (excludes halogenated alkanes) is 29. The first-order chi connectivity index (χ1) is 29.1. The second-order valence-electron chi connectivity index (χ2n) is 19.7. The average molecular weight is 849 g/mol. The minimum absolute atomic E-state index is 0.0646. The lowest BCUT2D eigenvalue weighted by Gasteiger charge is -2.18. The molecule has 0 aromatic rings. The van der Waals surface area contributed by atoms with E-state index in [9.17, 15) is 14.4 Å². The van der Waals surface area contributed by atoms with E-state index in [1.165, 1.54) is 173 Å². The van der Waals surface area contributed by atoms with Gasteiger partial charge in [0.15, 0.2) is 6.10 Å². The van der Waals surface area contributed by atoms with Crippen LogP contribution in [0.1, 0.15) is 292 Å². The number of carbonyl (C=O) groups is 3. The predicted octanol–water partition coefficient (Wildman–Crippen LogP) is 17.2. The zero-order valence-corrected chi connectivity index (χ0v) is 41.3. The third kappa shape index (κ3) is 45.9. The van der Waals surface area contributed by atoms with Crippen LogP contribution in [0.2, 0.25) is 0 Å². The normalized spacial score (nSPS) is 12.6. The van der Waals surface area contributed by atoms with Crippen molar-refractivity contribution < 1.29 is 28.6 Å². The number of rotatable bonds is 47. The SMILES string of the molecule is CCC(C)CCCCCCCCCCCCC(=O)OC[C@@H](COC(=O)CCCCCCCCCCCCC(C)C)OC(=O)CCCCCCCCCCCCCCC(C)C. The highest BCUT2D eigenvalue weighted by Crippen LogP contribution is 2.18. The average Bonchev–Trinajstić information content (AvgIpc) is 3.22. The molecule has 0 aromatic carbocycles. The van der Waals surface area contributed by atoms with Gasteiger partial charge in [-0.2, -0.15) is 0 Å². The van der Waals surface area contributed by atoms with Crippen LogP contribution in [-0.4, -0.2) is 37.2 Å². The third-order valence-electron chi connectivity index (χ3n) is 12.5. The fourth-order valence-electron chi connectivity index (χ4n) is 8.08. The predicted molar refractivity (Wildman–Crippen MR) is 256 cm³/mol. The van der Waals surface area contributed by atoms with Crippen molar-refractivity contribution in [3.63, 3.8) is 0 Å². The van der Waals surface area contributed by atoms with Crippen molar-refractivity contribution in [2.75, 3.05) is 13.2 Å². The maximum atomic E-state index is 12.8. The Kier molecular flexibility index (Phi) is 44.2. The highest BCUT2D eigenvalue weighted by Gasteiger charge is 2.19. The summed E-state index contributed by atoms with van der Waals surface area (Å²) in [5.74, 6) is 1.67. The first-order valence-electron chi connectivity index (χ1n) is 26.6. The minimum Gasteiger partial charge on any atom is -0.462 e. The molecule has 0 aliphatic heterocycles. The van der Waals surface area contributed by atoms with Crippen LogP contribution in [0.15, 0.2) is 0 Å². The van der Waals surface area contributed by atoms with Crippen LogP contribution in [0.4, 0.5) is 0 Å². The maximum Gasteiger partial charge on any atom is 0.306 e. The summed E-state index contributed by atoms with van der Waals surface area (Å²) >= 11 is 0. The van der Waals surface area contributed by atoms with Gasteiger partial charge in [0, 0.05) is 19.3 Å². The third-order valence-corrected chi connectivity index (χ3v) is 12.5. The largest absolute Gasteiger partial charge is 0.462 e. The molecule has 0 spiro atoms. The van der Waals surface area contributed by atoms with Crippen molar-refractivity contribution in [3.8, 4) is 0 Å². The van der Waals surface area contributed by atoms with Crippen LogP contribution in [0, 0.1) is 17.8 Å². The molecule has 0 heterocycles. The first kappa shape index (κ1) is 58.4. The highest BCUT2D eigenvalue weighted by atomic mass is 16.6. The zero-order chi connectivity index (χ0) is 44.2. The van der Waals surface area contributed by atoms with Crippen LogP contribution in [0.3, 0.4) is 0 Å². The van der Waals surface area contributed by atoms with E-state index in [2.05, 4.69) is 41.5 Å². The van der Waals surface area contributed by atoms with Gasteiger partial charge < -0.3 is 14.2 Å². The molecular weight excluding hydrogens is 745 g/mol. The van der Waals surface area contributed by atoms with Crippen LogP contribution in [0.5, 0.6) is 0 Å². The van der Waals surface area contributed by atoms with Crippen LogP contribution >= 0.6 is 0 Å². The van der Waals surface area contributed by atoms with E-state index < -0.39 is 6.10 Å². The van der Waals surface area contributed by atoms with Crippen LogP contribution in [0.25, 0.3) is 0 Å². The Morgan fingerprint density at radius 3 is 0.867 bits per heavy atom. The molecular formula is C54H104O6. The van der Waals surface area contributed by atoms with Gasteiger partial charge in [-0.05, 0) is 37.0 Å². The van der Waals surface area contributed by atoms with Gasteiger partial charge in [0.05, 0.1) is 0 Å². The number of hydrogen-bond donors (Lipinski definition) is 0. The molecule has 60 heavy (non-hydrogen) atoms. The summed E-state index contributed by atoms with van der Waals surface area (Å²) in [4.78, 5) is 38.0. The first-order valence-corrected chi connectivity index (χ1v) is 26.6. The Balaban J connectivity index is 4.33. The highest BCUT2D eigenvalue weighted by molar-refractivity contribution is 5.71. The van der Waals surface area contributed by atoms with Crippen molar-refractivity contribution >= 4 is 17.9 Å². The summed E-state index contributed by atoms with van der Waals surface area (Å²) in [5.41, 5.74) is 0. The molecule has 0 saturated carbocycles. The van der Waals surface area contributed by atoms with E-state index >= 15 is 0 Å². The van der Waals surface area contributed by atoms with Crippen LogP contribution < -0.4 is 0 Å². The lowest BCUT2D eigenvalue weighted by Crippen LogP contribution is -2.30. The summed E-state index contributed by atoms with van der Waals surface area (Å²) < 4.78 is 16.8. The van der Waals surface area contributed by atoms with Gasteiger partial charge in [-0.1, -0.05) is 253 Å². The molecule has 6 nitrogen and oxygen atoms in total. The molecule has 0 rings (SSSR count). The van der Waals surface area contributed by atoms with Gasteiger partial charge in [0.1, 0.15) is 13.2 Å². The van der Waals surface area contributed by atoms with Gasteiger partial charge in [0.25, 0.3) is 0 Å². The number of ether oxygens (including phenoxy) is 3. The van der Waals surface area contributed by atoms with Gasteiger partial charge >= 0.3 is 17.9 Å². The fourth-order valence-corrected chi connectivity index (χ4v) is 8.08. The molecule has 0 N–H and O–H groups in total. The second kappa shape index (κ2) is 45.4. The Morgan fingerprint density at radius 2 is 0.583 bits per heavy atom. The van der Waals surface area contributed by atoms with E-state index in [1.807, 2.05) is 0 Å². The van der Waals surface area contributed by atoms with Crippen molar-refractivity contribution in [1.29, 1.82) is 0 Å². The molecule has 1 unspecified atom stereocenters. The quantitative estimate of drug-likeness (QED) is 0.0345. The Hall–Kier alpha value is -1.59. The van der Waals surface area contributed by atoms with Crippen molar-refractivity contribution in [2.45, 2.75) is 298 Å². The molecule has 0 aliphatic carbocycles. The van der Waals surface area contributed by atoms with Gasteiger partial charge in [-0.3, -0.25) is 14.4 Å². The lowest BCUT2D eigenvalue weighted by atomic mass is 9.99. The van der Waals surface area contributed by atoms with Gasteiger partial charge in [0.2, 0.25) is 0 Å². The fraction of sp³-hybridized carbons (Fsp3) is 0.944. The number of carbonyl (C=O) groups excluding carboxylic acids is 3.